The first kappa shape index (κ1) is 19.4. The van der Waals surface area contributed by atoms with Crippen LogP contribution in [0.2, 0.25) is 0 Å². The highest BCUT2D eigenvalue weighted by Crippen LogP contribution is 2.34. The number of ether oxygens (including phenoxy) is 2. The molecule has 1 N–H and O–H groups in total. The molecule has 0 spiro atoms. The number of nitrogens with zero attached hydrogens (tertiary/aromatic N) is 1. The normalized spacial score (nSPS) is 10.6. The minimum atomic E-state index is 0.509. The third-order valence-electron chi connectivity index (χ3n) is 4.37. The number of benzene rings is 2. The summed E-state index contributed by atoms with van der Waals surface area (Å²) < 4.78 is 12.6. The van der Waals surface area contributed by atoms with Crippen molar-refractivity contribution in [1.82, 2.24) is 10.3 Å². The van der Waals surface area contributed by atoms with E-state index < -0.39 is 0 Å². The van der Waals surface area contributed by atoms with E-state index in [2.05, 4.69) is 45.3 Å². The van der Waals surface area contributed by atoms with Crippen molar-refractivity contribution < 1.29 is 9.47 Å². The van der Waals surface area contributed by atoms with Gasteiger partial charge in [-0.05, 0) is 53.4 Å². The summed E-state index contributed by atoms with van der Waals surface area (Å²) in [6.45, 7) is 4.10. The van der Waals surface area contributed by atoms with Gasteiger partial charge in [-0.15, -0.1) is 0 Å². The van der Waals surface area contributed by atoms with Gasteiger partial charge in [0.15, 0.2) is 11.5 Å². The van der Waals surface area contributed by atoms with Crippen molar-refractivity contribution in [3.8, 4) is 11.5 Å². The summed E-state index contributed by atoms with van der Waals surface area (Å²) >= 11 is 3.65. The van der Waals surface area contributed by atoms with Gasteiger partial charge in [-0.3, -0.25) is 4.98 Å². The van der Waals surface area contributed by atoms with Crippen molar-refractivity contribution >= 4 is 15.9 Å². The summed E-state index contributed by atoms with van der Waals surface area (Å²) in [5, 5.41) is 3.44. The van der Waals surface area contributed by atoms with Crippen LogP contribution < -0.4 is 14.8 Å². The van der Waals surface area contributed by atoms with E-state index >= 15 is 0 Å². The van der Waals surface area contributed by atoms with Crippen LogP contribution in [0.3, 0.4) is 0 Å². The first-order valence-corrected chi connectivity index (χ1v) is 9.60. The van der Waals surface area contributed by atoms with Gasteiger partial charge in [-0.1, -0.05) is 40.2 Å². The third-order valence-corrected chi connectivity index (χ3v) is 5.11. The van der Waals surface area contributed by atoms with E-state index in [1.54, 1.807) is 19.5 Å². The summed E-state index contributed by atoms with van der Waals surface area (Å²) in [5.74, 6) is 1.46. The molecule has 5 heteroatoms. The Morgan fingerprint density at radius 1 is 0.963 bits per heavy atom. The molecule has 3 aromatic rings. The lowest BCUT2D eigenvalue weighted by Gasteiger charge is -2.15. The number of hydrogen-bond donors (Lipinski definition) is 1. The van der Waals surface area contributed by atoms with Crippen LogP contribution in [-0.2, 0) is 19.7 Å². The molecule has 3 rings (SSSR count). The van der Waals surface area contributed by atoms with Gasteiger partial charge in [0.2, 0.25) is 0 Å². The molecule has 1 heterocycles. The summed E-state index contributed by atoms with van der Waals surface area (Å²) in [4.78, 5) is 4.04. The molecule has 140 valence electrons. The van der Waals surface area contributed by atoms with Gasteiger partial charge in [0.1, 0.15) is 6.61 Å². The van der Waals surface area contributed by atoms with Crippen LogP contribution in [0.4, 0.5) is 0 Å². The Bertz CT molecular complexity index is 885. The average Bonchev–Trinajstić information content (AvgIpc) is 2.69. The van der Waals surface area contributed by atoms with Gasteiger partial charge in [-0.2, -0.15) is 0 Å². The molecule has 0 saturated heterocycles. The average molecular weight is 427 g/mol. The van der Waals surface area contributed by atoms with Gasteiger partial charge in [0.05, 0.1) is 7.11 Å². The number of rotatable bonds is 8. The number of methoxy groups -OCH3 is 1. The van der Waals surface area contributed by atoms with Crippen molar-refractivity contribution in [2.75, 3.05) is 7.11 Å². The summed E-state index contributed by atoms with van der Waals surface area (Å²) in [5.41, 5.74) is 4.70. The summed E-state index contributed by atoms with van der Waals surface area (Å²) in [7, 11) is 1.66. The van der Waals surface area contributed by atoms with Crippen LogP contribution in [-0.4, -0.2) is 12.1 Å². The predicted molar refractivity (Wildman–Crippen MR) is 111 cm³/mol. The van der Waals surface area contributed by atoms with E-state index in [1.807, 2.05) is 36.4 Å². The van der Waals surface area contributed by atoms with Crippen LogP contribution in [0.5, 0.6) is 11.5 Å². The van der Waals surface area contributed by atoms with Crippen LogP contribution in [0.1, 0.15) is 22.3 Å². The fourth-order valence-electron chi connectivity index (χ4n) is 2.75. The standard InChI is InChI=1S/C22H23BrN2O2/c1-16-5-3-4-6-18(16)15-27-22-12-20(23)19(11-21(22)26-2)14-25-13-17-7-9-24-10-8-17/h3-12,25H,13-15H2,1-2H3. The van der Waals surface area contributed by atoms with Crippen molar-refractivity contribution in [2.24, 2.45) is 0 Å². The number of pyridine rings is 1. The zero-order chi connectivity index (χ0) is 19.1. The lowest BCUT2D eigenvalue weighted by atomic mass is 10.1. The number of aromatic nitrogens is 1. The third kappa shape index (κ3) is 5.31. The van der Waals surface area contributed by atoms with Gasteiger partial charge >= 0.3 is 0 Å². The maximum absolute atomic E-state index is 6.02. The number of hydrogen-bond acceptors (Lipinski definition) is 4. The molecule has 1 aromatic heterocycles. The lowest BCUT2D eigenvalue weighted by molar-refractivity contribution is 0.283. The van der Waals surface area contributed by atoms with Crippen LogP contribution in [0.25, 0.3) is 0 Å². The maximum atomic E-state index is 6.02. The van der Waals surface area contributed by atoms with Crippen LogP contribution >= 0.6 is 15.9 Å². The highest BCUT2D eigenvalue weighted by molar-refractivity contribution is 9.10. The molecular weight excluding hydrogens is 404 g/mol. The Balaban J connectivity index is 1.66. The van der Waals surface area contributed by atoms with Crippen molar-refractivity contribution in [3.63, 3.8) is 0 Å². The molecule has 27 heavy (non-hydrogen) atoms. The topological polar surface area (TPSA) is 43.4 Å². The minimum Gasteiger partial charge on any atom is -0.493 e. The van der Waals surface area contributed by atoms with Gasteiger partial charge in [-0.25, -0.2) is 0 Å². The Hall–Kier alpha value is -2.37. The fourth-order valence-corrected chi connectivity index (χ4v) is 3.22. The quantitative estimate of drug-likeness (QED) is 0.548. The van der Waals surface area contributed by atoms with E-state index in [9.17, 15) is 0 Å². The van der Waals surface area contributed by atoms with E-state index in [4.69, 9.17) is 9.47 Å². The molecule has 0 bridgehead atoms. The second-order valence-electron chi connectivity index (χ2n) is 6.27. The van der Waals surface area contributed by atoms with Gasteiger partial charge in [0.25, 0.3) is 0 Å². The molecule has 0 fully saturated rings. The largest absolute Gasteiger partial charge is 0.493 e. The molecule has 4 nitrogen and oxygen atoms in total. The van der Waals surface area contributed by atoms with Crippen molar-refractivity contribution in [3.05, 3.63) is 87.7 Å². The van der Waals surface area contributed by atoms with E-state index in [1.165, 1.54) is 16.7 Å². The Kier molecular flexibility index (Phi) is 6.85. The number of nitrogens with one attached hydrogen (secondary N) is 1. The summed E-state index contributed by atoms with van der Waals surface area (Å²) in [6, 6.07) is 16.2. The predicted octanol–water partition coefficient (Wildman–Crippen LogP) is 5.03. The number of halogens is 1. The highest BCUT2D eigenvalue weighted by Gasteiger charge is 2.11. The van der Waals surface area contributed by atoms with Gasteiger partial charge < -0.3 is 14.8 Å². The molecule has 0 saturated carbocycles. The molecule has 0 unspecified atom stereocenters. The monoisotopic (exact) mass is 426 g/mol. The smallest absolute Gasteiger partial charge is 0.162 e. The second kappa shape index (κ2) is 9.53. The van der Waals surface area contributed by atoms with Gasteiger partial charge in [0, 0.05) is 30.0 Å². The number of aryl methyl sites for hydroxylation is 1. The van der Waals surface area contributed by atoms with E-state index in [-0.39, 0.29) is 0 Å². The first-order valence-electron chi connectivity index (χ1n) is 8.80. The van der Waals surface area contributed by atoms with Crippen molar-refractivity contribution in [2.45, 2.75) is 26.6 Å². The first-order chi connectivity index (χ1) is 13.2. The molecule has 0 radical (unpaired) electrons. The zero-order valence-corrected chi connectivity index (χ0v) is 17.1. The summed E-state index contributed by atoms with van der Waals surface area (Å²) in [6.07, 6.45) is 3.60. The highest BCUT2D eigenvalue weighted by atomic mass is 79.9. The molecule has 0 aliphatic heterocycles. The van der Waals surface area contributed by atoms with Crippen molar-refractivity contribution in [1.29, 1.82) is 0 Å². The molecule has 0 aliphatic rings. The van der Waals surface area contributed by atoms with Crippen LogP contribution in [0.15, 0.2) is 65.4 Å². The Labute approximate surface area is 168 Å². The Morgan fingerprint density at radius 2 is 1.74 bits per heavy atom. The molecule has 0 amide bonds. The zero-order valence-electron chi connectivity index (χ0n) is 15.5. The Morgan fingerprint density at radius 3 is 2.48 bits per heavy atom. The molecular formula is C22H23BrN2O2. The van der Waals surface area contributed by atoms with E-state index in [0.29, 0.717) is 6.61 Å². The SMILES string of the molecule is COc1cc(CNCc2ccncc2)c(Br)cc1OCc1ccccc1C. The second-order valence-corrected chi connectivity index (χ2v) is 7.12. The molecule has 0 atom stereocenters. The van der Waals surface area contributed by atoms with Crippen LogP contribution in [0, 0.1) is 6.92 Å². The molecule has 0 aliphatic carbocycles. The minimum absolute atomic E-state index is 0.509. The maximum Gasteiger partial charge on any atom is 0.162 e. The lowest BCUT2D eigenvalue weighted by Crippen LogP contribution is -2.13. The molecule has 2 aromatic carbocycles. The fraction of sp³-hybridized carbons (Fsp3) is 0.227. The van der Waals surface area contributed by atoms with E-state index in [0.717, 1.165) is 34.6 Å².